The van der Waals surface area contributed by atoms with Crippen molar-refractivity contribution in [1.29, 1.82) is 0 Å². The SMILES string of the molecule is CC(C)CCC(C)(N)CCO. The number of aliphatic hydroxyl groups is 1. The Kier molecular flexibility index (Phi) is 4.69. The van der Waals surface area contributed by atoms with E-state index in [1.807, 2.05) is 6.92 Å². The van der Waals surface area contributed by atoms with Crippen LogP contribution >= 0.6 is 0 Å². The molecule has 1 atom stereocenters. The number of aliphatic hydroxyl groups excluding tert-OH is 1. The predicted octanol–water partition coefficient (Wildman–Crippen LogP) is 1.52. The van der Waals surface area contributed by atoms with Gasteiger partial charge in [0.25, 0.3) is 0 Å². The zero-order valence-corrected chi connectivity index (χ0v) is 7.93. The number of hydrogen-bond donors (Lipinski definition) is 2. The van der Waals surface area contributed by atoms with Crippen LogP contribution in [-0.4, -0.2) is 17.3 Å². The van der Waals surface area contributed by atoms with E-state index < -0.39 is 0 Å². The molecule has 0 spiro atoms. The van der Waals surface area contributed by atoms with E-state index in [9.17, 15) is 0 Å². The van der Waals surface area contributed by atoms with Crippen LogP contribution in [0.3, 0.4) is 0 Å². The monoisotopic (exact) mass is 159 g/mol. The molecule has 3 N–H and O–H groups in total. The molecular formula is C9H21NO. The van der Waals surface area contributed by atoms with Gasteiger partial charge in [0.05, 0.1) is 0 Å². The molecule has 0 rings (SSSR count). The molecule has 68 valence electrons. The molecule has 0 radical (unpaired) electrons. The Morgan fingerprint density at radius 3 is 2.27 bits per heavy atom. The average molecular weight is 159 g/mol. The van der Waals surface area contributed by atoms with E-state index in [2.05, 4.69) is 13.8 Å². The summed E-state index contributed by atoms with van der Waals surface area (Å²) in [7, 11) is 0. The van der Waals surface area contributed by atoms with Crippen molar-refractivity contribution < 1.29 is 5.11 Å². The summed E-state index contributed by atoms with van der Waals surface area (Å²) in [5.74, 6) is 0.705. The Bertz CT molecular complexity index is 99.7. The summed E-state index contributed by atoms with van der Waals surface area (Å²) in [5.41, 5.74) is 5.75. The molecule has 11 heavy (non-hydrogen) atoms. The molecule has 2 heteroatoms. The zero-order valence-electron chi connectivity index (χ0n) is 7.93. The summed E-state index contributed by atoms with van der Waals surface area (Å²) in [4.78, 5) is 0. The van der Waals surface area contributed by atoms with Crippen molar-refractivity contribution in [2.24, 2.45) is 11.7 Å². The smallest absolute Gasteiger partial charge is 0.0448 e. The van der Waals surface area contributed by atoms with Gasteiger partial charge >= 0.3 is 0 Å². The van der Waals surface area contributed by atoms with E-state index in [-0.39, 0.29) is 12.1 Å². The Balaban J connectivity index is 3.54. The molecule has 0 aliphatic carbocycles. The molecule has 0 aliphatic rings. The lowest BCUT2D eigenvalue weighted by molar-refractivity contribution is 0.234. The van der Waals surface area contributed by atoms with Gasteiger partial charge in [-0.3, -0.25) is 0 Å². The van der Waals surface area contributed by atoms with Crippen molar-refractivity contribution in [3.8, 4) is 0 Å². The zero-order chi connectivity index (χ0) is 8.91. The number of rotatable bonds is 5. The van der Waals surface area contributed by atoms with Crippen molar-refractivity contribution in [3.63, 3.8) is 0 Å². The maximum Gasteiger partial charge on any atom is 0.0448 e. The molecule has 0 saturated carbocycles. The van der Waals surface area contributed by atoms with Crippen molar-refractivity contribution in [1.82, 2.24) is 0 Å². The Labute approximate surface area is 69.8 Å². The van der Waals surface area contributed by atoms with Gasteiger partial charge in [-0.05, 0) is 32.1 Å². The lowest BCUT2D eigenvalue weighted by atomic mass is 9.90. The third-order valence-corrected chi connectivity index (χ3v) is 1.98. The first-order chi connectivity index (χ1) is 4.98. The second-order valence-corrected chi connectivity index (χ2v) is 4.06. The Hall–Kier alpha value is -0.0800. The van der Waals surface area contributed by atoms with Crippen LogP contribution in [0.2, 0.25) is 0 Å². The van der Waals surface area contributed by atoms with Crippen LogP contribution in [0.25, 0.3) is 0 Å². The van der Waals surface area contributed by atoms with E-state index >= 15 is 0 Å². The summed E-state index contributed by atoms with van der Waals surface area (Å²) in [5, 5.41) is 8.69. The second-order valence-electron chi connectivity index (χ2n) is 4.06. The maximum absolute atomic E-state index is 8.69. The predicted molar refractivity (Wildman–Crippen MR) is 48.4 cm³/mol. The second kappa shape index (κ2) is 4.73. The maximum atomic E-state index is 8.69. The van der Waals surface area contributed by atoms with E-state index in [0.717, 1.165) is 12.8 Å². The summed E-state index contributed by atoms with van der Waals surface area (Å²) in [6.07, 6.45) is 2.86. The van der Waals surface area contributed by atoms with Gasteiger partial charge in [-0.2, -0.15) is 0 Å². The van der Waals surface area contributed by atoms with Gasteiger partial charge in [0.2, 0.25) is 0 Å². The Morgan fingerprint density at radius 1 is 1.36 bits per heavy atom. The van der Waals surface area contributed by atoms with Gasteiger partial charge in [0.15, 0.2) is 0 Å². The van der Waals surface area contributed by atoms with Gasteiger partial charge < -0.3 is 10.8 Å². The van der Waals surface area contributed by atoms with E-state index in [1.165, 1.54) is 0 Å². The largest absolute Gasteiger partial charge is 0.396 e. The summed E-state index contributed by atoms with van der Waals surface area (Å²) in [6.45, 7) is 6.58. The van der Waals surface area contributed by atoms with E-state index in [4.69, 9.17) is 10.8 Å². The molecule has 0 fully saturated rings. The van der Waals surface area contributed by atoms with Gasteiger partial charge in [-0.1, -0.05) is 13.8 Å². The quantitative estimate of drug-likeness (QED) is 0.639. The molecule has 0 heterocycles. The van der Waals surface area contributed by atoms with Crippen LogP contribution in [0.4, 0.5) is 0 Å². The third-order valence-electron chi connectivity index (χ3n) is 1.98. The standard InChI is InChI=1S/C9H21NO/c1-8(2)4-5-9(3,10)6-7-11/h8,11H,4-7,10H2,1-3H3. The van der Waals surface area contributed by atoms with Crippen LogP contribution in [0.1, 0.15) is 40.0 Å². The van der Waals surface area contributed by atoms with Gasteiger partial charge in [0, 0.05) is 12.1 Å². The highest BCUT2D eigenvalue weighted by Gasteiger charge is 2.17. The molecular weight excluding hydrogens is 138 g/mol. The fourth-order valence-corrected chi connectivity index (χ4v) is 0.999. The Morgan fingerprint density at radius 2 is 1.91 bits per heavy atom. The van der Waals surface area contributed by atoms with Crippen LogP contribution < -0.4 is 5.73 Å². The minimum atomic E-state index is -0.168. The van der Waals surface area contributed by atoms with Crippen LogP contribution in [0, 0.1) is 5.92 Å². The molecule has 0 aromatic rings. The molecule has 0 aromatic heterocycles. The van der Waals surface area contributed by atoms with Crippen LogP contribution in [-0.2, 0) is 0 Å². The summed E-state index contributed by atoms with van der Waals surface area (Å²) >= 11 is 0. The lowest BCUT2D eigenvalue weighted by Gasteiger charge is -2.24. The topological polar surface area (TPSA) is 46.2 Å². The highest BCUT2D eigenvalue weighted by atomic mass is 16.3. The fourth-order valence-electron chi connectivity index (χ4n) is 0.999. The molecule has 0 saturated heterocycles. The average Bonchev–Trinajstić information content (AvgIpc) is 1.84. The normalized spacial score (nSPS) is 16.9. The number of nitrogens with two attached hydrogens (primary N) is 1. The van der Waals surface area contributed by atoms with E-state index in [1.54, 1.807) is 0 Å². The molecule has 2 nitrogen and oxygen atoms in total. The summed E-state index contributed by atoms with van der Waals surface area (Å²) < 4.78 is 0. The fraction of sp³-hybridized carbons (Fsp3) is 1.00. The first kappa shape index (κ1) is 10.9. The van der Waals surface area contributed by atoms with Gasteiger partial charge in [-0.15, -0.1) is 0 Å². The molecule has 0 aromatic carbocycles. The highest BCUT2D eigenvalue weighted by molar-refractivity contribution is 4.78. The highest BCUT2D eigenvalue weighted by Crippen LogP contribution is 2.16. The number of hydrogen-bond acceptors (Lipinski definition) is 2. The van der Waals surface area contributed by atoms with Crippen molar-refractivity contribution in [2.75, 3.05) is 6.61 Å². The molecule has 0 aliphatic heterocycles. The minimum absolute atomic E-state index is 0.168. The molecule has 0 bridgehead atoms. The van der Waals surface area contributed by atoms with Gasteiger partial charge in [0.1, 0.15) is 0 Å². The first-order valence-corrected chi connectivity index (χ1v) is 4.37. The minimum Gasteiger partial charge on any atom is -0.396 e. The summed E-state index contributed by atoms with van der Waals surface area (Å²) in [6, 6.07) is 0. The van der Waals surface area contributed by atoms with E-state index in [0.29, 0.717) is 12.3 Å². The first-order valence-electron chi connectivity index (χ1n) is 4.37. The van der Waals surface area contributed by atoms with Crippen molar-refractivity contribution in [3.05, 3.63) is 0 Å². The van der Waals surface area contributed by atoms with Crippen molar-refractivity contribution in [2.45, 2.75) is 45.6 Å². The third kappa shape index (κ3) is 6.32. The van der Waals surface area contributed by atoms with Gasteiger partial charge in [-0.25, -0.2) is 0 Å². The van der Waals surface area contributed by atoms with Crippen LogP contribution in [0.5, 0.6) is 0 Å². The molecule has 0 amide bonds. The lowest BCUT2D eigenvalue weighted by Crippen LogP contribution is -2.37. The van der Waals surface area contributed by atoms with Crippen molar-refractivity contribution >= 4 is 0 Å². The molecule has 1 unspecified atom stereocenters. The van der Waals surface area contributed by atoms with Crippen LogP contribution in [0.15, 0.2) is 0 Å².